The Morgan fingerprint density at radius 1 is 0.500 bits per heavy atom. The molecule has 0 aromatic carbocycles. The van der Waals surface area contributed by atoms with Gasteiger partial charge in [-0.05, 0) is 0 Å². The number of hydrogen-bond donors (Lipinski definition) is 2. The van der Waals surface area contributed by atoms with Gasteiger partial charge in [0.2, 0.25) is 0 Å². The second-order valence-electron chi connectivity index (χ2n) is 1.06. The zero-order chi connectivity index (χ0) is 4.12. The Kier molecular flexibility index (Phi) is 1440. The van der Waals surface area contributed by atoms with Crippen molar-refractivity contribution in [3.8, 4) is 0 Å². The quantitative estimate of drug-likeness (QED) is 0.516. The SMILES string of the molecule is [Cr+6].[Cr+6].[NH3+]CCC[NH3+].[O-2].[O-2].[O-2].[O-2].[O-2].[O-2].[O-2]. The first-order valence-electron chi connectivity index (χ1n) is 2.00. The predicted octanol–water partition coefficient (Wildman–Crippen LogP) is -2.98. The predicted molar refractivity (Wildman–Crippen MR) is 24.9 cm³/mol. The van der Waals surface area contributed by atoms with Crippen LogP contribution in [0.4, 0.5) is 0 Å². The Bertz CT molecular complexity index is 32.4. The van der Waals surface area contributed by atoms with Gasteiger partial charge in [-0.3, -0.25) is 0 Å². The van der Waals surface area contributed by atoms with Crippen molar-refractivity contribution in [2.75, 3.05) is 13.1 Å². The van der Waals surface area contributed by atoms with Crippen LogP contribution in [0.1, 0.15) is 6.42 Å². The fourth-order valence-corrected chi connectivity index (χ4v) is 0.177. The van der Waals surface area contributed by atoms with Gasteiger partial charge in [0.25, 0.3) is 0 Å². The van der Waals surface area contributed by atoms with Crippen molar-refractivity contribution in [3.05, 3.63) is 0 Å². The van der Waals surface area contributed by atoms with E-state index in [0.29, 0.717) is 0 Å². The summed E-state index contributed by atoms with van der Waals surface area (Å²) in [5.74, 6) is 0. The van der Waals surface area contributed by atoms with Crippen molar-refractivity contribution in [3.63, 3.8) is 0 Å². The molecule has 6 N–H and O–H groups in total. The first-order valence-corrected chi connectivity index (χ1v) is 2.00. The van der Waals surface area contributed by atoms with Crippen LogP contribution in [0.15, 0.2) is 0 Å². The van der Waals surface area contributed by atoms with E-state index in [0.717, 1.165) is 13.1 Å². The van der Waals surface area contributed by atoms with E-state index in [4.69, 9.17) is 0 Å². The third-order valence-electron chi connectivity index (χ3n) is 0.500. The van der Waals surface area contributed by atoms with Crippen LogP contribution in [0, 0.1) is 0 Å². The molecule has 88 valence electrons. The Labute approximate surface area is 104 Å². The molecule has 0 amide bonds. The maximum atomic E-state index is 3.64. The van der Waals surface area contributed by atoms with Gasteiger partial charge in [-0.15, -0.1) is 0 Å². The zero-order valence-corrected chi connectivity index (χ0v) is 9.76. The Morgan fingerprint density at radius 2 is 0.643 bits per heavy atom. The molecular weight excluding hydrogens is 280 g/mol. The summed E-state index contributed by atoms with van der Waals surface area (Å²) in [7, 11) is 0. The van der Waals surface area contributed by atoms with Gasteiger partial charge in [-0.1, -0.05) is 0 Å². The Morgan fingerprint density at radius 3 is 0.643 bits per heavy atom. The number of hydrogen-bond acceptors (Lipinski definition) is 0. The first kappa shape index (κ1) is 125. The monoisotopic (exact) mass is 292 g/mol. The van der Waals surface area contributed by atoms with Crippen LogP contribution in [0.5, 0.6) is 0 Å². The van der Waals surface area contributed by atoms with E-state index in [1.165, 1.54) is 6.42 Å². The molecule has 0 saturated carbocycles. The summed E-state index contributed by atoms with van der Waals surface area (Å²) in [5.41, 5.74) is 7.27. The molecule has 0 unspecified atom stereocenters. The summed E-state index contributed by atoms with van der Waals surface area (Å²) in [6.45, 7) is 2.06. The fourth-order valence-electron chi connectivity index (χ4n) is 0.177. The van der Waals surface area contributed by atoms with E-state index < -0.39 is 0 Å². The zero-order valence-electron chi connectivity index (χ0n) is 7.21. The summed E-state index contributed by atoms with van der Waals surface area (Å²) in [6, 6.07) is 0. The van der Waals surface area contributed by atoms with Crippen molar-refractivity contribution < 1.29 is 84.5 Å². The number of quaternary nitrogens is 2. The molecule has 0 bridgehead atoms. The molecular formula is C3H12Cr2N2O7. The van der Waals surface area contributed by atoms with Crippen molar-refractivity contribution in [1.29, 1.82) is 0 Å². The fraction of sp³-hybridized carbons (Fsp3) is 1.00. The van der Waals surface area contributed by atoms with Crippen LogP contribution in [0.25, 0.3) is 0 Å². The van der Waals surface area contributed by atoms with E-state index in [-0.39, 0.29) is 73.1 Å². The standard InChI is InChI=1S/C3H10N2.2Cr.7O/c4-2-1-3-5;;;;;;;;;/h1-5H2;;;;;;;;;/q;2*+6;7*-2/p+2. The van der Waals surface area contributed by atoms with Crippen molar-refractivity contribution in [1.82, 2.24) is 0 Å². The molecule has 0 aliphatic rings. The molecule has 0 saturated heterocycles. The van der Waals surface area contributed by atoms with E-state index in [9.17, 15) is 0 Å². The summed E-state index contributed by atoms with van der Waals surface area (Å²) in [4.78, 5) is 0. The molecule has 0 aromatic rings. The van der Waals surface area contributed by atoms with Gasteiger partial charge >= 0.3 is 34.7 Å². The average Bonchev–Trinajstić information content (AvgIpc) is 1.41. The van der Waals surface area contributed by atoms with Gasteiger partial charge in [-0.25, -0.2) is 0 Å². The van der Waals surface area contributed by atoms with Crippen molar-refractivity contribution >= 4 is 0 Å². The summed E-state index contributed by atoms with van der Waals surface area (Å²) in [6.07, 6.45) is 1.17. The molecule has 0 heterocycles. The van der Waals surface area contributed by atoms with E-state index in [1.54, 1.807) is 0 Å². The Balaban J connectivity index is -0.00000000222. The second kappa shape index (κ2) is 161. The second-order valence-corrected chi connectivity index (χ2v) is 1.06. The summed E-state index contributed by atoms with van der Waals surface area (Å²) >= 11 is 0. The molecule has 0 atom stereocenters. The van der Waals surface area contributed by atoms with Gasteiger partial charge < -0.3 is 49.8 Å². The minimum absolute atomic E-state index is 0. The van der Waals surface area contributed by atoms with Gasteiger partial charge in [0.1, 0.15) is 0 Å². The van der Waals surface area contributed by atoms with Crippen molar-refractivity contribution in [2.24, 2.45) is 0 Å². The third kappa shape index (κ3) is 238. The van der Waals surface area contributed by atoms with E-state index in [1.807, 2.05) is 0 Å². The van der Waals surface area contributed by atoms with E-state index in [2.05, 4.69) is 11.5 Å². The summed E-state index contributed by atoms with van der Waals surface area (Å²) in [5, 5.41) is 0. The maximum Gasteiger partial charge on any atom is 6.00 e. The smallest absolute Gasteiger partial charge is 2.00 e. The minimum atomic E-state index is 0. The minimum Gasteiger partial charge on any atom is -2.00 e. The number of rotatable bonds is 2. The van der Waals surface area contributed by atoms with Crippen LogP contribution >= 0.6 is 0 Å². The van der Waals surface area contributed by atoms with Crippen LogP contribution in [0.3, 0.4) is 0 Å². The molecule has 0 radical (unpaired) electrons. The molecule has 11 heteroatoms. The van der Waals surface area contributed by atoms with Crippen LogP contribution < -0.4 is 11.5 Å². The van der Waals surface area contributed by atoms with Crippen molar-refractivity contribution in [2.45, 2.75) is 6.42 Å². The maximum absolute atomic E-state index is 3.64. The third-order valence-corrected chi connectivity index (χ3v) is 0.500. The molecule has 0 aromatic heterocycles. The topological polar surface area (TPSA) is 255 Å². The molecule has 0 fully saturated rings. The first-order chi connectivity index (χ1) is 2.41. The largest absolute Gasteiger partial charge is 6.00 e. The molecule has 0 rings (SSSR count). The summed E-state index contributed by atoms with van der Waals surface area (Å²) < 4.78 is 0. The van der Waals surface area contributed by atoms with Gasteiger partial charge in [0, 0.05) is 6.42 Å². The molecule has 0 spiro atoms. The molecule has 0 aliphatic carbocycles. The van der Waals surface area contributed by atoms with Gasteiger partial charge in [-0.2, -0.15) is 0 Å². The molecule has 0 aliphatic heterocycles. The van der Waals surface area contributed by atoms with Gasteiger partial charge in [0.05, 0.1) is 13.1 Å². The van der Waals surface area contributed by atoms with Gasteiger partial charge in [0.15, 0.2) is 0 Å². The molecule has 9 nitrogen and oxygen atoms in total. The molecule has 14 heavy (non-hydrogen) atoms. The van der Waals surface area contributed by atoms with Crippen LogP contribution in [-0.4, -0.2) is 13.1 Å². The Hall–Kier alpha value is 0.705. The van der Waals surface area contributed by atoms with Crippen LogP contribution in [-0.2, 0) is 73.1 Å². The van der Waals surface area contributed by atoms with Crippen LogP contribution in [0.2, 0.25) is 0 Å². The normalized spacial score (nSPS) is 3.00. The van der Waals surface area contributed by atoms with E-state index >= 15 is 0 Å². The average molecular weight is 292 g/mol.